The summed E-state index contributed by atoms with van der Waals surface area (Å²) in [6, 6.07) is 6.58. The van der Waals surface area contributed by atoms with Crippen molar-refractivity contribution in [1.82, 2.24) is 0 Å². The Kier molecular flexibility index (Phi) is 3.80. The number of anilines is 1. The number of benzene rings is 1. The molecule has 1 aromatic rings. The molecule has 1 heterocycles. The molecular formula is C18H19NO4. The molecule has 1 saturated heterocycles. The van der Waals surface area contributed by atoms with E-state index in [2.05, 4.69) is 0 Å². The fourth-order valence-corrected chi connectivity index (χ4v) is 3.44. The van der Waals surface area contributed by atoms with Crippen LogP contribution >= 0.6 is 0 Å². The van der Waals surface area contributed by atoms with E-state index in [9.17, 15) is 14.4 Å². The normalized spacial score (nSPS) is 24.0. The van der Waals surface area contributed by atoms with Gasteiger partial charge < -0.3 is 4.74 Å². The highest BCUT2D eigenvalue weighted by Crippen LogP contribution is 2.42. The van der Waals surface area contributed by atoms with E-state index in [1.54, 1.807) is 24.3 Å². The predicted molar refractivity (Wildman–Crippen MR) is 84.9 cm³/mol. The van der Waals surface area contributed by atoms with E-state index >= 15 is 0 Å². The van der Waals surface area contributed by atoms with E-state index in [1.807, 2.05) is 13.8 Å². The van der Waals surface area contributed by atoms with Gasteiger partial charge in [-0.3, -0.25) is 9.59 Å². The van der Waals surface area contributed by atoms with E-state index in [4.69, 9.17) is 4.74 Å². The molecule has 1 aromatic carbocycles. The van der Waals surface area contributed by atoms with Gasteiger partial charge in [0, 0.05) is 0 Å². The second-order valence-corrected chi connectivity index (χ2v) is 6.20. The molecule has 2 atom stereocenters. The second kappa shape index (κ2) is 5.65. The number of carbonyl (C=O) groups is 3. The molecule has 2 amide bonds. The van der Waals surface area contributed by atoms with Crippen LogP contribution in [0, 0.1) is 11.8 Å². The molecule has 0 radical (unpaired) electrons. The summed E-state index contributed by atoms with van der Waals surface area (Å²) in [6.45, 7) is 4.02. The Hall–Kier alpha value is -2.43. The van der Waals surface area contributed by atoms with Crippen LogP contribution in [0.25, 0.3) is 0 Å². The smallest absolute Gasteiger partial charge is 0.339 e. The van der Waals surface area contributed by atoms with Gasteiger partial charge >= 0.3 is 5.97 Å². The lowest BCUT2D eigenvalue weighted by Gasteiger charge is -2.23. The highest BCUT2D eigenvalue weighted by molar-refractivity contribution is 6.24. The summed E-state index contributed by atoms with van der Waals surface area (Å²) in [6.07, 6.45) is 1.22. The first-order chi connectivity index (χ1) is 11.0. The molecule has 0 N–H and O–H groups in total. The number of para-hydroxylation sites is 1. The van der Waals surface area contributed by atoms with Crippen molar-refractivity contribution < 1.29 is 19.1 Å². The number of fused-ring (bicyclic) bond motifs is 1. The molecule has 5 nitrogen and oxygen atoms in total. The SMILES string of the molecule is COC(=O)c1ccccc1N1C(=O)C2CC(C)=C(C)CC2C1=O. The highest BCUT2D eigenvalue weighted by atomic mass is 16.5. The molecule has 1 aliphatic heterocycles. The second-order valence-electron chi connectivity index (χ2n) is 6.20. The number of nitrogens with zero attached hydrogens (tertiary/aromatic N) is 1. The van der Waals surface area contributed by atoms with Gasteiger partial charge in [-0.2, -0.15) is 0 Å². The number of allylic oxidation sites excluding steroid dienone is 2. The topological polar surface area (TPSA) is 63.7 Å². The van der Waals surface area contributed by atoms with Crippen LogP contribution in [-0.2, 0) is 14.3 Å². The minimum atomic E-state index is -0.554. The zero-order valence-corrected chi connectivity index (χ0v) is 13.5. The number of rotatable bonds is 2. The van der Waals surface area contributed by atoms with E-state index < -0.39 is 5.97 Å². The third kappa shape index (κ3) is 2.36. The van der Waals surface area contributed by atoms with Gasteiger partial charge in [-0.25, -0.2) is 9.69 Å². The molecule has 1 fully saturated rings. The van der Waals surface area contributed by atoms with Crippen molar-refractivity contribution in [3.05, 3.63) is 41.0 Å². The van der Waals surface area contributed by atoms with Gasteiger partial charge in [0.2, 0.25) is 11.8 Å². The van der Waals surface area contributed by atoms with Crippen LogP contribution in [0.15, 0.2) is 35.4 Å². The average molecular weight is 313 g/mol. The average Bonchev–Trinajstić information content (AvgIpc) is 2.78. The van der Waals surface area contributed by atoms with Crippen LogP contribution in [0.1, 0.15) is 37.0 Å². The zero-order chi connectivity index (χ0) is 16.7. The van der Waals surface area contributed by atoms with Crippen molar-refractivity contribution in [3.8, 4) is 0 Å². The Labute approximate surface area is 134 Å². The number of imide groups is 1. The number of hydrogen-bond donors (Lipinski definition) is 0. The van der Waals surface area contributed by atoms with Crippen LogP contribution < -0.4 is 4.90 Å². The fraction of sp³-hybridized carbons (Fsp3) is 0.389. The van der Waals surface area contributed by atoms with Gasteiger partial charge in [0.15, 0.2) is 0 Å². The summed E-state index contributed by atoms with van der Waals surface area (Å²) in [5.74, 6) is -1.64. The van der Waals surface area contributed by atoms with Gasteiger partial charge in [-0.1, -0.05) is 23.3 Å². The summed E-state index contributed by atoms with van der Waals surface area (Å²) in [7, 11) is 1.28. The lowest BCUT2D eigenvalue weighted by molar-refractivity contribution is -0.122. The molecule has 2 unspecified atom stereocenters. The monoisotopic (exact) mass is 313 g/mol. The maximum atomic E-state index is 12.8. The first-order valence-electron chi connectivity index (χ1n) is 7.66. The van der Waals surface area contributed by atoms with Crippen molar-refractivity contribution in [2.24, 2.45) is 11.8 Å². The van der Waals surface area contributed by atoms with Gasteiger partial charge in [-0.05, 0) is 38.8 Å². The Morgan fingerprint density at radius 3 is 2.09 bits per heavy atom. The molecule has 1 aliphatic carbocycles. The summed E-state index contributed by atoms with van der Waals surface area (Å²) in [5, 5.41) is 0. The van der Waals surface area contributed by atoms with Crippen LogP contribution in [0.4, 0.5) is 5.69 Å². The minimum Gasteiger partial charge on any atom is -0.465 e. The zero-order valence-electron chi connectivity index (χ0n) is 13.5. The van der Waals surface area contributed by atoms with E-state index in [-0.39, 0.29) is 29.2 Å². The summed E-state index contributed by atoms with van der Waals surface area (Å²) >= 11 is 0. The molecule has 5 heteroatoms. The van der Waals surface area contributed by atoms with Crippen LogP contribution in [0.3, 0.4) is 0 Å². The highest BCUT2D eigenvalue weighted by Gasteiger charge is 2.50. The Morgan fingerprint density at radius 2 is 1.57 bits per heavy atom. The number of methoxy groups -OCH3 is 1. The number of amides is 2. The molecule has 0 bridgehead atoms. The quantitative estimate of drug-likeness (QED) is 0.478. The van der Waals surface area contributed by atoms with Crippen molar-refractivity contribution in [1.29, 1.82) is 0 Å². The first-order valence-corrected chi connectivity index (χ1v) is 7.66. The molecule has 120 valence electrons. The molecule has 23 heavy (non-hydrogen) atoms. The Balaban J connectivity index is 2.02. The van der Waals surface area contributed by atoms with Gasteiger partial charge in [0.05, 0.1) is 30.2 Å². The van der Waals surface area contributed by atoms with Gasteiger partial charge in [0.25, 0.3) is 0 Å². The lowest BCUT2D eigenvalue weighted by atomic mass is 9.78. The first kappa shape index (κ1) is 15.5. The third-order valence-corrected chi connectivity index (χ3v) is 4.89. The van der Waals surface area contributed by atoms with Crippen LogP contribution in [0.5, 0.6) is 0 Å². The van der Waals surface area contributed by atoms with E-state index in [1.165, 1.54) is 23.2 Å². The molecule has 0 saturated carbocycles. The maximum absolute atomic E-state index is 12.8. The molecule has 2 aliphatic rings. The van der Waals surface area contributed by atoms with Gasteiger partial charge in [-0.15, -0.1) is 0 Å². The molecule has 0 spiro atoms. The predicted octanol–water partition coefficient (Wildman–Crippen LogP) is 2.71. The largest absolute Gasteiger partial charge is 0.465 e. The Bertz CT molecular complexity index is 702. The molecule has 0 aromatic heterocycles. The minimum absolute atomic E-state index is 0.219. The number of hydrogen-bond acceptors (Lipinski definition) is 4. The molecular weight excluding hydrogens is 294 g/mol. The van der Waals surface area contributed by atoms with Crippen molar-refractivity contribution in [3.63, 3.8) is 0 Å². The summed E-state index contributed by atoms with van der Waals surface area (Å²) in [5.41, 5.74) is 2.90. The summed E-state index contributed by atoms with van der Waals surface area (Å²) in [4.78, 5) is 38.7. The standard InChI is InChI=1S/C18H19NO4/c1-10-8-13-14(9-11(10)2)17(21)19(16(13)20)15-7-5-4-6-12(15)18(22)23-3/h4-7,13-14H,8-9H2,1-3H3. The fourth-order valence-electron chi connectivity index (χ4n) is 3.44. The van der Waals surface area contributed by atoms with Crippen molar-refractivity contribution in [2.45, 2.75) is 26.7 Å². The van der Waals surface area contributed by atoms with E-state index in [0.717, 1.165) is 0 Å². The van der Waals surface area contributed by atoms with Crippen LogP contribution in [-0.4, -0.2) is 24.9 Å². The van der Waals surface area contributed by atoms with Gasteiger partial charge in [0.1, 0.15) is 0 Å². The lowest BCUT2D eigenvalue weighted by Crippen LogP contribution is -2.32. The summed E-state index contributed by atoms with van der Waals surface area (Å²) < 4.78 is 4.76. The number of carbonyl (C=O) groups excluding carboxylic acids is 3. The van der Waals surface area contributed by atoms with Crippen molar-refractivity contribution in [2.75, 3.05) is 12.0 Å². The maximum Gasteiger partial charge on any atom is 0.339 e. The number of esters is 1. The number of ether oxygens (including phenoxy) is 1. The van der Waals surface area contributed by atoms with E-state index in [0.29, 0.717) is 18.5 Å². The third-order valence-electron chi connectivity index (χ3n) is 4.89. The Morgan fingerprint density at radius 1 is 1.04 bits per heavy atom. The van der Waals surface area contributed by atoms with Crippen molar-refractivity contribution >= 4 is 23.5 Å². The van der Waals surface area contributed by atoms with Crippen LogP contribution in [0.2, 0.25) is 0 Å². The molecule has 3 rings (SSSR count).